The van der Waals surface area contributed by atoms with E-state index in [4.69, 9.17) is 0 Å². The maximum absolute atomic E-state index is 12.1. The summed E-state index contributed by atoms with van der Waals surface area (Å²) in [7, 11) is 0. The Balaban J connectivity index is 1.75. The highest BCUT2D eigenvalue weighted by atomic mass is 79.9. The van der Waals surface area contributed by atoms with E-state index in [-0.39, 0.29) is 11.6 Å². The Morgan fingerprint density at radius 2 is 1.86 bits per heavy atom. The van der Waals surface area contributed by atoms with Gasteiger partial charge in [-0.1, -0.05) is 18.2 Å². The zero-order valence-corrected chi connectivity index (χ0v) is 12.5. The number of hydrogen-bond acceptors (Lipinski definition) is 2. The average Bonchev–Trinajstić information content (AvgIpc) is 2.84. The van der Waals surface area contributed by atoms with E-state index in [2.05, 4.69) is 31.2 Å². The second-order valence-corrected chi connectivity index (χ2v) is 5.48. The van der Waals surface area contributed by atoms with Gasteiger partial charge in [-0.15, -0.1) is 0 Å². The summed E-state index contributed by atoms with van der Waals surface area (Å²) in [4.78, 5) is 28.7. The first kappa shape index (κ1) is 13.6. The number of rotatable bonds is 3. The molecule has 3 N–H and O–H groups in total. The molecule has 6 heteroatoms. The number of nitrogens with one attached hydrogen (secondary N) is 3. The zero-order chi connectivity index (χ0) is 14.8. The highest BCUT2D eigenvalue weighted by Gasteiger charge is 2.09. The van der Waals surface area contributed by atoms with Gasteiger partial charge in [-0.25, -0.2) is 4.79 Å². The molecule has 3 rings (SSSR count). The Hall–Kier alpha value is -2.34. The van der Waals surface area contributed by atoms with Crippen molar-refractivity contribution in [3.8, 4) is 0 Å². The molecule has 0 radical (unpaired) electrons. The van der Waals surface area contributed by atoms with Crippen LogP contribution in [0.3, 0.4) is 0 Å². The van der Waals surface area contributed by atoms with Crippen LogP contribution in [0, 0.1) is 0 Å². The third kappa shape index (κ3) is 2.90. The number of aromatic nitrogens is 2. The monoisotopic (exact) mass is 345 g/mol. The lowest BCUT2D eigenvalue weighted by Crippen LogP contribution is -2.23. The number of halogens is 1. The Morgan fingerprint density at radius 3 is 2.67 bits per heavy atom. The molecule has 0 aliphatic carbocycles. The van der Waals surface area contributed by atoms with E-state index in [0.29, 0.717) is 12.1 Å². The van der Waals surface area contributed by atoms with Gasteiger partial charge in [0.2, 0.25) is 0 Å². The molecule has 0 atom stereocenters. The first-order valence-corrected chi connectivity index (χ1v) is 7.16. The lowest BCUT2D eigenvalue weighted by atomic mass is 10.2. The van der Waals surface area contributed by atoms with Gasteiger partial charge in [0.15, 0.2) is 0 Å². The van der Waals surface area contributed by atoms with Gasteiger partial charge in [0.05, 0.1) is 16.6 Å². The van der Waals surface area contributed by atoms with Crippen molar-refractivity contribution in [1.29, 1.82) is 0 Å². The molecule has 0 aliphatic heterocycles. The molecule has 0 spiro atoms. The van der Waals surface area contributed by atoms with Gasteiger partial charge < -0.3 is 15.3 Å². The molecule has 1 aromatic heterocycles. The Morgan fingerprint density at radius 1 is 1.10 bits per heavy atom. The van der Waals surface area contributed by atoms with Crippen LogP contribution in [0.15, 0.2) is 51.7 Å². The van der Waals surface area contributed by atoms with E-state index in [1.165, 1.54) is 0 Å². The summed E-state index contributed by atoms with van der Waals surface area (Å²) in [6.45, 7) is 0.392. The number of H-pyrrole nitrogens is 2. The molecule has 0 saturated heterocycles. The molecule has 5 nitrogen and oxygen atoms in total. The third-order valence-electron chi connectivity index (χ3n) is 3.15. The van der Waals surface area contributed by atoms with Crippen molar-refractivity contribution in [3.63, 3.8) is 0 Å². The minimum atomic E-state index is -0.237. The minimum absolute atomic E-state index is 0.148. The van der Waals surface area contributed by atoms with Crippen LogP contribution in [0.5, 0.6) is 0 Å². The van der Waals surface area contributed by atoms with E-state index in [0.717, 1.165) is 21.1 Å². The third-order valence-corrected chi connectivity index (χ3v) is 3.84. The maximum atomic E-state index is 12.1. The SMILES string of the molecule is O=C(NCc1ccc2[nH]c(=O)[nH]c2c1)c1ccccc1Br. The number of aromatic amines is 2. The maximum Gasteiger partial charge on any atom is 0.323 e. The summed E-state index contributed by atoms with van der Waals surface area (Å²) in [5, 5.41) is 2.86. The van der Waals surface area contributed by atoms with Crippen LogP contribution in [0.25, 0.3) is 11.0 Å². The molecule has 0 unspecified atom stereocenters. The Bertz CT molecular complexity index is 866. The van der Waals surface area contributed by atoms with E-state index in [1.807, 2.05) is 36.4 Å². The van der Waals surface area contributed by atoms with Gasteiger partial charge in [-0.3, -0.25) is 4.79 Å². The molecule has 2 aromatic carbocycles. The van der Waals surface area contributed by atoms with Crippen molar-refractivity contribution in [2.75, 3.05) is 0 Å². The molecule has 0 aliphatic rings. The first-order valence-electron chi connectivity index (χ1n) is 6.37. The van der Waals surface area contributed by atoms with Crippen molar-refractivity contribution in [1.82, 2.24) is 15.3 Å². The number of amides is 1. The van der Waals surface area contributed by atoms with Gasteiger partial charge in [0, 0.05) is 11.0 Å². The van der Waals surface area contributed by atoms with Crippen LogP contribution in [0.1, 0.15) is 15.9 Å². The van der Waals surface area contributed by atoms with Crippen molar-refractivity contribution in [2.45, 2.75) is 6.54 Å². The predicted octanol–water partition coefficient (Wildman–Crippen LogP) is 2.55. The van der Waals surface area contributed by atoms with Crippen LogP contribution >= 0.6 is 15.9 Å². The van der Waals surface area contributed by atoms with Gasteiger partial charge >= 0.3 is 5.69 Å². The molecular formula is C15H12BrN3O2. The quantitative estimate of drug-likeness (QED) is 0.682. The fourth-order valence-electron chi connectivity index (χ4n) is 2.11. The summed E-state index contributed by atoms with van der Waals surface area (Å²) in [6.07, 6.45) is 0. The molecule has 1 heterocycles. The van der Waals surface area contributed by atoms with E-state index >= 15 is 0 Å². The fraction of sp³-hybridized carbons (Fsp3) is 0.0667. The highest BCUT2D eigenvalue weighted by molar-refractivity contribution is 9.10. The molecule has 21 heavy (non-hydrogen) atoms. The second-order valence-electron chi connectivity index (χ2n) is 4.62. The number of benzene rings is 2. The van der Waals surface area contributed by atoms with E-state index in [1.54, 1.807) is 6.07 Å². The second kappa shape index (κ2) is 5.57. The van der Waals surface area contributed by atoms with Gasteiger partial charge in [-0.05, 0) is 45.8 Å². The molecule has 1 amide bonds. The van der Waals surface area contributed by atoms with Crippen LogP contribution in [0.4, 0.5) is 0 Å². The molecule has 3 aromatic rings. The smallest absolute Gasteiger partial charge is 0.323 e. The summed E-state index contributed by atoms with van der Waals surface area (Å²) in [5.41, 5.74) is 2.75. The zero-order valence-electron chi connectivity index (χ0n) is 10.9. The van der Waals surface area contributed by atoms with Crippen LogP contribution in [-0.2, 0) is 6.54 Å². The van der Waals surface area contributed by atoms with Gasteiger partial charge in [-0.2, -0.15) is 0 Å². The molecule has 0 bridgehead atoms. The highest BCUT2D eigenvalue weighted by Crippen LogP contribution is 2.16. The molecule has 0 saturated carbocycles. The average molecular weight is 346 g/mol. The topological polar surface area (TPSA) is 77.8 Å². The van der Waals surface area contributed by atoms with Crippen molar-refractivity contribution >= 4 is 32.9 Å². The lowest BCUT2D eigenvalue weighted by molar-refractivity contribution is 0.0950. The summed E-state index contributed by atoms with van der Waals surface area (Å²) >= 11 is 3.35. The largest absolute Gasteiger partial charge is 0.348 e. The Labute approximate surface area is 128 Å². The summed E-state index contributed by atoms with van der Waals surface area (Å²) in [5.74, 6) is -0.148. The predicted molar refractivity (Wildman–Crippen MR) is 84.2 cm³/mol. The molecular weight excluding hydrogens is 334 g/mol. The number of carbonyl (C=O) groups excluding carboxylic acids is 1. The molecule has 0 fully saturated rings. The van der Waals surface area contributed by atoms with E-state index in [9.17, 15) is 9.59 Å². The Kier molecular flexibility index (Phi) is 3.62. The summed E-state index contributed by atoms with van der Waals surface area (Å²) in [6, 6.07) is 12.8. The standard InChI is InChI=1S/C15H12BrN3O2/c16-11-4-2-1-3-10(11)14(20)17-8-9-5-6-12-13(7-9)19-15(21)18-12/h1-7H,8H2,(H,17,20)(H2,18,19,21). The van der Waals surface area contributed by atoms with E-state index < -0.39 is 0 Å². The number of hydrogen-bond donors (Lipinski definition) is 3. The normalized spacial score (nSPS) is 10.7. The molecule has 106 valence electrons. The minimum Gasteiger partial charge on any atom is -0.348 e. The lowest BCUT2D eigenvalue weighted by Gasteiger charge is -2.07. The van der Waals surface area contributed by atoms with Gasteiger partial charge in [0.1, 0.15) is 0 Å². The number of imidazole rings is 1. The van der Waals surface area contributed by atoms with Crippen molar-refractivity contribution < 1.29 is 4.79 Å². The number of fused-ring (bicyclic) bond motifs is 1. The van der Waals surface area contributed by atoms with Crippen molar-refractivity contribution in [2.24, 2.45) is 0 Å². The van der Waals surface area contributed by atoms with Crippen LogP contribution < -0.4 is 11.0 Å². The first-order chi connectivity index (χ1) is 10.1. The van der Waals surface area contributed by atoms with Gasteiger partial charge in [0.25, 0.3) is 5.91 Å². The summed E-state index contributed by atoms with van der Waals surface area (Å²) < 4.78 is 0.757. The van der Waals surface area contributed by atoms with Crippen LogP contribution in [0.2, 0.25) is 0 Å². The van der Waals surface area contributed by atoms with Crippen molar-refractivity contribution in [3.05, 3.63) is 68.5 Å². The fourth-order valence-corrected chi connectivity index (χ4v) is 2.58. The number of carbonyl (C=O) groups is 1. The van der Waals surface area contributed by atoms with Crippen LogP contribution in [-0.4, -0.2) is 15.9 Å².